The lowest BCUT2D eigenvalue weighted by Gasteiger charge is -2.05. The Balaban J connectivity index is 1.92. The lowest BCUT2D eigenvalue weighted by molar-refractivity contribution is 0.0497. The Morgan fingerprint density at radius 3 is 2.17 bits per heavy atom. The molecule has 0 aliphatic carbocycles. The number of carbonyl (C=O) groups is 1. The predicted octanol–water partition coefficient (Wildman–Crippen LogP) is 5.93. The number of ether oxygens (including phenoxy) is 1. The molecule has 1 aromatic carbocycles. The minimum absolute atomic E-state index is 0.290. The van der Waals surface area contributed by atoms with Gasteiger partial charge in [-0.3, -0.25) is 0 Å². The van der Waals surface area contributed by atoms with E-state index in [9.17, 15) is 4.79 Å². The average molecular weight is 338 g/mol. The fourth-order valence-corrected chi connectivity index (χ4v) is 2.35. The van der Waals surface area contributed by atoms with Gasteiger partial charge in [0.2, 0.25) is 0 Å². The van der Waals surface area contributed by atoms with Gasteiger partial charge in [-0.15, -0.1) is 0 Å². The summed E-state index contributed by atoms with van der Waals surface area (Å²) in [5.74, 6) is -0.290. The number of azide groups is 1. The van der Waals surface area contributed by atoms with Crippen molar-refractivity contribution in [3.63, 3.8) is 0 Å². The van der Waals surface area contributed by atoms with E-state index in [1.54, 1.807) is 24.3 Å². The van der Waals surface area contributed by atoms with Crippen molar-refractivity contribution in [2.75, 3.05) is 13.2 Å². The highest BCUT2D eigenvalue weighted by Gasteiger charge is 2.05. The van der Waals surface area contributed by atoms with Crippen LogP contribution in [0, 0.1) is 0 Å². The molecule has 1 aromatic rings. The van der Waals surface area contributed by atoms with E-state index >= 15 is 0 Å². The average Bonchev–Trinajstić information content (AvgIpc) is 2.56. The van der Waals surface area contributed by atoms with Crippen LogP contribution in [0.4, 0.5) is 0 Å². The van der Waals surface area contributed by atoms with E-state index in [4.69, 9.17) is 21.9 Å². The van der Waals surface area contributed by atoms with Gasteiger partial charge in [-0.05, 0) is 42.6 Å². The number of hydrogen-bond acceptors (Lipinski definition) is 3. The molecular formula is C17H24ClN3O2. The highest BCUT2D eigenvalue weighted by Crippen LogP contribution is 2.11. The Bertz CT molecular complexity index is 499. The third-order valence-corrected chi connectivity index (χ3v) is 3.78. The fourth-order valence-electron chi connectivity index (χ4n) is 2.22. The third kappa shape index (κ3) is 9.82. The van der Waals surface area contributed by atoms with Crippen molar-refractivity contribution in [3.8, 4) is 0 Å². The van der Waals surface area contributed by atoms with Crippen molar-refractivity contribution in [1.82, 2.24) is 0 Å². The molecule has 0 unspecified atom stereocenters. The maximum Gasteiger partial charge on any atom is 0.338 e. The second-order valence-corrected chi connectivity index (χ2v) is 5.86. The summed E-state index contributed by atoms with van der Waals surface area (Å²) in [7, 11) is 0. The topological polar surface area (TPSA) is 75.1 Å². The molecule has 23 heavy (non-hydrogen) atoms. The predicted molar refractivity (Wildman–Crippen MR) is 92.7 cm³/mol. The lowest BCUT2D eigenvalue weighted by Crippen LogP contribution is -2.06. The van der Waals surface area contributed by atoms with E-state index < -0.39 is 0 Å². The summed E-state index contributed by atoms with van der Waals surface area (Å²) in [5.41, 5.74) is 8.68. The largest absolute Gasteiger partial charge is 0.462 e. The maximum absolute atomic E-state index is 11.7. The summed E-state index contributed by atoms with van der Waals surface area (Å²) in [6.45, 7) is 1.07. The first-order valence-electron chi connectivity index (χ1n) is 8.17. The van der Waals surface area contributed by atoms with Gasteiger partial charge in [-0.25, -0.2) is 4.79 Å². The van der Waals surface area contributed by atoms with Gasteiger partial charge in [-0.1, -0.05) is 55.2 Å². The van der Waals surface area contributed by atoms with Crippen LogP contribution < -0.4 is 0 Å². The minimum atomic E-state index is -0.290. The summed E-state index contributed by atoms with van der Waals surface area (Å²) in [6, 6.07) is 6.72. The molecule has 0 N–H and O–H groups in total. The van der Waals surface area contributed by atoms with Crippen LogP contribution in [0.25, 0.3) is 10.4 Å². The van der Waals surface area contributed by atoms with Gasteiger partial charge < -0.3 is 4.74 Å². The number of rotatable bonds is 12. The molecule has 126 valence electrons. The molecule has 0 aliphatic rings. The standard InChI is InChI=1S/C17H24ClN3O2/c18-16-11-9-15(10-12-16)17(22)23-14-8-6-4-2-1-3-5-7-13-20-21-19/h9-12H,1-8,13-14H2. The van der Waals surface area contributed by atoms with E-state index in [-0.39, 0.29) is 5.97 Å². The molecule has 0 saturated heterocycles. The monoisotopic (exact) mass is 337 g/mol. The van der Waals surface area contributed by atoms with Crippen LogP contribution in [0.2, 0.25) is 5.02 Å². The first kappa shape index (κ1) is 19.3. The molecule has 0 spiro atoms. The Kier molecular flexibility index (Phi) is 10.8. The van der Waals surface area contributed by atoms with Gasteiger partial charge in [0.05, 0.1) is 12.2 Å². The van der Waals surface area contributed by atoms with Crippen LogP contribution in [0.1, 0.15) is 61.7 Å². The summed E-state index contributed by atoms with van der Waals surface area (Å²) < 4.78 is 5.23. The quantitative estimate of drug-likeness (QED) is 0.156. The van der Waals surface area contributed by atoms with Crippen LogP contribution in [0.3, 0.4) is 0 Å². The first-order chi connectivity index (χ1) is 11.2. The molecule has 0 amide bonds. The van der Waals surface area contributed by atoms with Gasteiger partial charge in [0.1, 0.15) is 0 Å². The van der Waals surface area contributed by atoms with E-state index in [1.807, 2.05) is 0 Å². The number of hydrogen-bond donors (Lipinski definition) is 0. The second kappa shape index (κ2) is 12.8. The van der Waals surface area contributed by atoms with E-state index in [2.05, 4.69) is 10.0 Å². The molecule has 0 aliphatic heterocycles. The zero-order valence-electron chi connectivity index (χ0n) is 13.4. The molecule has 0 heterocycles. The Morgan fingerprint density at radius 1 is 1.00 bits per heavy atom. The molecule has 0 aromatic heterocycles. The second-order valence-electron chi connectivity index (χ2n) is 5.43. The van der Waals surface area contributed by atoms with Crippen molar-refractivity contribution < 1.29 is 9.53 Å². The Labute approximate surface area is 142 Å². The van der Waals surface area contributed by atoms with Crippen LogP contribution in [0.5, 0.6) is 0 Å². The Morgan fingerprint density at radius 2 is 1.57 bits per heavy atom. The zero-order chi connectivity index (χ0) is 16.8. The lowest BCUT2D eigenvalue weighted by atomic mass is 10.1. The molecule has 0 atom stereocenters. The smallest absolute Gasteiger partial charge is 0.338 e. The Hall–Kier alpha value is -1.71. The summed E-state index contributed by atoms with van der Waals surface area (Å²) in [6.07, 6.45) is 8.83. The van der Waals surface area contributed by atoms with Gasteiger partial charge in [0.15, 0.2) is 0 Å². The van der Waals surface area contributed by atoms with Crippen LogP contribution >= 0.6 is 11.6 Å². The van der Waals surface area contributed by atoms with Gasteiger partial charge >= 0.3 is 5.97 Å². The molecule has 0 fully saturated rings. The van der Waals surface area contributed by atoms with Crippen molar-refractivity contribution in [3.05, 3.63) is 45.3 Å². The van der Waals surface area contributed by atoms with E-state index in [0.717, 1.165) is 32.1 Å². The number of benzene rings is 1. The van der Waals surface area contributed by atoms with Gasteiger partial charge in [0, 0.05) is 16.5 Å². The zero-order valence-corrected chi connectivity index (χ0v) is 14.2. The normalized spacial score (nSPS) is 10.1. The molecule has 0 bridgehead atoms. The molecule has 5 nitrogen and oxygen atoms in total. The van der Waals surface area contributed by atoms with Crippen molar-refractivity contribution >= 4 is 17.6 Å². The van der Waals surface area contributed by atoms with Crippen LogP contribution in [-0.2, 0) is 4.74 Å². The number of nitrogens with zero attached hydrogens (tertiary/aromatic N) is 3. The number of halogens is 1. The molecule has 0 radical (unpaired) electrons. The SMILES string of the molecule is [N-]=[N+]=NCCCCCCCCCCOC(=O)c1ccc(Cl)cc1. The minimum Gasteiger partial charge on any atom is -0.462 e. The van der Waals surface area contributed by atoms with Gasteiger partial charge in [-0.2, -0.15) is 0 Å². The van der Waals surface area contributed by atoms with E-state index in [0.29, 0.717) is 23.7 Å². The van der Waals surface area contributed by atoms with Crippen molar-refractivity contribution in [2.24, 2.45) is 5.11 Å². The molecular weight excluding hydrogens is 314 g/mol. The third-order valence-electron chi connectivity index (χ3n) is 3.53. The highest BCUT2D eigenvalue weighted by atomic mass is 35.5. The molecule has 1 rings (SSSR count). The fraction of sp³-hybridized carbons (Fsp3) is 0.588. The van der Waals surface area contributed by atoms with Gasteiger partial charge in [0.25, 0.3) is 0 Å². The van der Waals surface area contributed by atoms with Crippen LogP contribution in [0.15, 0.2) is 29.4 Å². The molecule has 0 saturated carbocycles. The summed E-state index contributed by atoms with van der Waals surface area (Å²) in [4.78, 5) is 14.5. The summed E-state index contributed by atoms with van der Waals surface area (Å²) >= 11 is 5.77. The highest BCUT2D eigenvalue weighted by molar-refractivity contribution is 6.30. The number of unbranched alkanes of at least 4 members (excludes halogenated alkanes) is 7. The van der Waals surface area contributed by atoms with Crippen LogP contribution in [-0.4, -0.2) is 19.1 Å². The number of carbonyl (C=O) groups excluding carboxylic acids is 1. The molecule has 6 heteroatoms. The summed E-state index contributed by atoms with van der Waals surface area (Å²) in [5, 5.41) is 4.12. The van der Waals surface area contributed by atoms with E-state index in [1.165, 1.54) is 19.3 Å². The number of esters is 1. The van der Waals surface area contributed by atoms with Crippen molar-refractivity contribution in [2.45, 2.75) is 51.4 Å². The maximum atomic E-state index is 11.7. The first-order valence-corrected chi connectivity index (χ1v) is 8.55. The van der Waals surface area contributed by atoms with Crippen molar-refractivity contribution in [1.29, 1.82) is 0 Å².